The van der Waals surface area contributed by atoms with Gasteiger partial charge in [-0.2, -0.15) is 0 Å². The topological polar surface area (TPSA) is 22.1 Å². The van der Waals surface area contributed by atoms with E-state index in [1.807, 2.05) is 36.5 Å². The van der Waals surface area contributed by atoms with E-state index in [9.17, 15) is 4.39 Å². The van der Waals surface area contributed by atoms with Crippen molar-refractivity contribution in [1.29, 1.82) is 0 Å². The zero-order chi connectivity index (χ0) is 22.5. The molecule has 4 rings (SSSR count). The van der Waals surface area contributed by atoms with Gasteiger partial charge in [0.1, 0.15) is 0 Å². The van der Waals surface area contributed by atoms with E-state index in [1.165, 1.54) is 11.1 Å². The SMILES string of the molecule is CCCc1ccc(-c2ccc(C3CCC(c4ccc(CCC)cn4)OC3)c(F)c2F)cc1. The van der Waals surface area contributed by atoms with E-state index in [1.54, 1.807) is 12.1 Å². The molecule has 1 aromatic heterocycles. The lowest BCUT2D eigenvalue weighted by Crippen LogP contribution is -2.21. The van der Waals surface area contributed by atoms with Gasteiger partial charge in [-0.1, -0.05) is 69.2 Å². The van der Waals surface area contributed by atoms with Crippen LogP contribution in [0.2, 0.25) is 0 Å². The van der Waals surface area contributed by atoms with Crippen molar-refractivity contribution in [3.63, 3.8) is 0 Å². The molecule has 32 heavy (non-hydrogen) atoms. The predicted octanol–water partition coefficient (Wildman–Crippen LogP) is 7.57. The number of nitrogens with zero attached hydrogens (tertiary/aromatic N) is 1. The maximum Gasteiger partial charge on any atom is 0.166 e. The van der Waals surface area contributed by atoms with Gasteiger partial charge in [-0.15, -0.1) is 0 Å². The number of hydrogen-bond acceptors (Lipinski definition) is 2. The smallest absolute Gasteiger partial charge is 0.166 e. The Bertz CT molecular complexity index is 1020. The third-order valence-electron chi connectivity index (χ3n) is 6.35. The van der Waals surface area contributed by atoms with E-state index in [0.717, 1.165) is 44.2 Å². The third kappa shape index (κ3) is 4.91. The molecule has 0 aliphatic carbocycles. The quantitative estimate of drug-likeness (QED) is 0.382. The molecule has 2 atom stereocenters. The fourth-order valence-electron chi connectivity index (χ4n) is 4.54. The summed E-state index contributed by atoms with van der Waals surface area (Å²) in [6.07, 6.45) is 7.46. The van der Waals surface area contributed by atoms with E-state index < -0.39 is 11.6 Å². The van der Waals surface area contributed by atoms with Crippen LogP contribution in [0.1, 0.15) is 73.9 Å². The van der Waals surface area contributed by atoms with Gasteiger partial charge in [-0.25, -0.2) is 8.78 Å². The van der Waals surface area contributed by atoms with Crippen LogP contribution in [0.25, 0.3) is 11.1 Å². The second-order valence-corrected chi connectivity index (χ2v) is 8.71. The normalized spacial score (nSPS) is 18.6. The molecule has 0 amide bonds. The molecule has 1 fully saturated rings. The molecule has 2 aromatic carbocycles. The molecule has 2 unspecified atom stereocenters. The second-order valence-electron chi connectivity index (χ2n) is 8.71. The average Bonchev–Trinajstić information content (AvgIpc) is 2.83. The first-order chi connectivity index (χ1) is 15.6. The van der Waals surface area contributed by atoms with Gasteiger partial charge < -0.3 is 4.74 Å². The monoisotopic (exact) mass is 435 g/mol. The van der Waals surface area contributed by atoms with E-state index >= 15 is 4.39 Å². The highest BCUT2D eigenvalue weighted by Gasteiger charge is 2.28. The van der Waals surface area contributed by atoms with Gasteiger partial charge in [0.05, 0.1) is 18.4 Å². The average molecular weight is 436 g/mol. The van der Waals surface area contributed by atoms with E-state index in [4.69, 9.17) is 4.74 Å². The van der Waals surface area contributed by atoms with Crippen molar-refractivity contribution in [3.8, 4) is 11.1 Å². The van der Waals surface area contributed by atoms with Gasteiger partial charge in [-0.05, 0) is 54.0 Å². The van der Waals surface area contributed by atoms with Crippen molar-refractivity contribution in [1.82, 2.24) is 4.98 Å². The highest BCUT2D eigenvalue weighted by atomic mass is 19.2. The van der Waals surface area contributed by atoms with Crippen LogP contribution in [0.3, 0.4) is 0 Å². The lowest BCUT2D eigenvalue weighted by molar-refractivity contribution is -0.000842. The van der Waals surface area contributed by atoms with Crippen LogP contribution in [-0.2, 0) is 17.6 Å². The molecule has 2 nitrogen and oxygen atoms in total. The summed E-state index contributed by atoms with van der Waals surface area (Å²) in [5.74, 6) is -1.68. The summed E-state index contributed by atoms with van der Waals surface area (Å²) < 4.78 is 36.0. The Kier molecular flexibility index (Phi) is 7.31. The molecular weight excluding hydrogens is 404 g/mol. The van der Waals surface area contributed by atoms with E-state index in [0.29, 0.717) is 23.3 Å². The van der Waals surface area contributed by atoms with Gasteiger partial charge in [-0.3, -0.25) is 4.98 Å². The fraction of sp³-hybridized carbons (Fsp3) is 0.393. The molecule has 4 heteroatoms. The van der Waals surface area contributed by atoms with Gasteiger partial charge in [0.25, 0.3) is 0 Å². The molecule has 0 bridgehead atoms. The number of rotatable bonds is 7. The minimum atomic E-state index is -0.777. The Labute approximate surface area is 189 Å². The van der Waals surface area contributed by atoms with Crippen LogP contribution in [-0.4, -0.2) is 11.6 Å². The molecule has 1 aliphatic heterocycles. The second kappa shape index (κ2) is 10.4. The van der Waals surface area contributed by atoms with Gasteiger partial charge in [0.2, 0.25) is 0 Å². The number of aromatic nitrogens is 1. The number of pyridine rings is 1. The maximum atomic E-state index is 15.0. The largest absolute Gasteiger partial charge is 0.371 e. The van der Waals surface area contributed by atoms with Crippen molar-refractivity contribution in [2.45, 2.75) is 64.4 Å². The molecule has 0 spiro atoms. The number of aryl methyl sites for hydroxylation is 2. The van der Waals surface area contributed by atoms with Crippen LogP contribution in [0.5, 0.6) is 0 Å². The number of hydrogen-bond donors (Lipinski definition) is 0. The number of benzene rings is 2. The first-order valence-electron chi connectivity index (χ1n) is 11.7. The molecule has 1 aliphatic rings. The van der Waals surface area contributed by atoms with Crippen molar-refractivity contribution < 1.29 is 13.5 Å². The van der Waals surface area contributed by atoms with Crippen molar-refractivity contribution in [3.05, 3.63) is 88.7 Å². The molecule has 3 aromatic rings. The third-order valence-corrected chi connectivity index (χ3v) is 6.35. The Hall–Kier alpha value is -2.59. The van der Waals surface area contributed by atoms with Crippen molar-refractivity contribution in [2.75, 3.05) is 6.61 Å². The zero-order valence-electron chi connectivity index (χ0n) is 18.9. The molecule has 2 heterocycles. The Morgan fingerprint density at radius 3 is 2.19 bits per heavy atom. The summed E-state index contributed by atoms with van der Waals surface area (Å²) in [6.45, 7) is 4.64. The van der Waals surface area contributed by atoms with E-state index in [2.05, 4.69) is 24.9 Å². The fourth-order valence-corrected chi connectivity index (χ4v) is 4.54. The summed E-state index contributed by atoms with van der Waals surface area (Å²) in [7, 11) is 0. The molecule has 0 radical (unpaired) electrons. The first-order valence-corrected chi connectivity index (χ1v) is 11.7. The molecule has 0 saturated carbocycles. The lowest BCUT2D eigenvalue weighted by atomic mass is 9.88. The molecule has 0 N–H and O–H groups in total. The number of ether oxygens (including phenoxy) is 1. The summed E-state index contributed by atoms with van der Waals surface area (Å²) in [5, 5.41) is 0. The minimum absolute atomic E-state index is 0.0873. The molecular formula is C28H31F2NO. The number of halogens is 2. The standard InChI is InChI=1S/C28H31F2NO/c1-3-5-19-7-10-21(11-8-19)23-13-14-24(28(30)27(23)29)22-12-16-26(32-18-22)25-15-9-20(6-4-2)17-31-25/h7-11,13-15,17,22,26H,3-6,12,16,18H2,1-2H3. The lowest BCUT2D eigenvalue weighted by Gasteiger charge is -2.29. The van der Waals surface area contributed by atoms with Crippen molar-refractivity contribution >= 4 is 0 Å². The summed E-state index contributed by atoms with van der Waals surface area (Å²) in [5.41, 5.74) is 4.75. The van der Waals surface area contributed by atoms with Crippen LogP contribution in [0.15, 0.2) is 54.7 Å². The van der Waals surface area contributed by atoms with E-state index in [-0.39, 0.29) is 12.0 Å². The van der Waals surface area contributed by atoms with Gasteiger partial charge in [0, 0.05) is 17.7 Å². The Balaban J connectivity index is 1.45. The van der Waals surface area contributed by atoms with Crippen LogP contribution < -0.4 is 0 Å². The minimum Gasteiger partial charge on any atom is -0.371 e. The predicted molar refractivity (Wildman–Crippen MR) is 125 cm³/mol. The van der Waals surface area contributed by atoms with Crippen LogP contribution >= 0.6 is 0 Å². The Morgan fingerprint density at radius 2 is 1.56 bits per heavy atom. The zero-order valence-corrected chi connectivity index (χ0v) is 18.9. The summed E-state index contributed by atoms with van der Waals surface area (Å²) >= 11 is 0. The van der Waals surface area contributed by atoms with Crippen LogP contribution in [0, 0.1) is 11.6 Å². The molecule has 1 saturated heterocycles. The Morgan fingerprint density at radius 1 is 0.844 bits per heavy atom. The van der Waals surface area contributed by atoms with Gasteiger partial charge in [0.15, 0.2) is 11.6 Å². The first kappa shape index (κ1) is 22.6. The van der Waals surface area contributed by atoms with Gasteiger partial charge >= 0.3 is 0 Å². The van der Waals surface area contributed by atoms with Crippen LogP contribution in [0.4, 0.5) is 8.78 Å². The molecule has 168 valence electrons. The highest BCUT2D eigenvalue weighted by molar-refractivity contribution is 5.65. The highest BCUT2D eigenvalue weighted by Crippen LogP contribution is 2.37. The maximum absolute atomic E-state index is 15.0. The summed E-state index contributed by atoms with van der Waals surface area (Å²) in [4.78, 5) is 4.55. The van der Waals surface area contributed by atoms with Crippen molar-refractivity contribution in [2.24, 2.45) is 0 Å². The summed E-state index contributed by atoms with van der Waals surface area (Å²) in [6, 6.07) is 15.3.